The number of rotatable bonds is 3. The minimum Gasteiger partial charge on any atom is -0.495 e. The summed E-state index contributed by atoms with van der Waals surface area (Å²) in [7, 11) is 2.19. The Balaban J connectivity index is 3.45. The minimum absolute atomic E-state index is 0.0943. The normalized spacial score (nSPS) is 11.6. The molecule has 0 spiro atoms. The van der Waals surface area contributed by atoms with Gasteiger partial charge in [0.05, 0.1) is 22.9 Å². The van der Waals surface area contributed by atoms with Gasteiger partial charge < -0.3 is 4.74 Å². The van der Waals surface area contributed by atoms with Gasteiger partial charge in [0.2, 0.25) is 9.05 Å². The molecule has 0 radical (unpaired) electrons. The van der Waals surface area contributed by atoms with E-state index in [9.17, 15) is 17.2 Å². The summed E-state index contributed by atoms with van der Waals surface area (Å²) in [4.78, 5) is 0. The summed E-state index contributed by atoms with van der Waals surface area (Å²) in [5.41, 5.74) is -0.440. The Morgan fingerprint density at radius 3 is 2.50 bits per heavy atom. The maximum Gasteiger partial charge on any atom is 0.237 e. The van der Waals surface area contributed by atoms with Crippen LogP contribution in [0.2, 0.25) is 0 Å². The summed E-state index contributed by atoms with van der Waals surface area (Å²) in [5.74, 6) is -3.41. The lowest BCUT2D eigenvalue weighted by Crippen LogP contribution is -2.04. The van der Waals surface area contributed by atoms with E-state index in [4.69, 9.17) is 15.4 Å². The van der Waals surface area contributed by atoms with Crippen molar-refractivity contribution >= 4 is 35.7 Å². The van der Waals surface area contributed by atoms with Gasteiger partial charge in [-0.25, -0.2) is 17.2 Å². The fraction of sp³-hybridized carbons (Fsp3) is 0.250. The standard InChI is InChI=1S/C8H6BrClF2O3S/c1-15-8-4(3-16(10,13)14)7(12)6(11)2-5(8)9/h2H,3H2,1H3. The van der Waals surface area contributed by atoms with Gasteiger partial charge in [-0.1, -0.05) is 0 Å². The molecule has 0 amide bonds. The zero-order valence-electron chi connectivity index (χ0n) is 7.93. The van der Waals surface area contributed by atoms with Crippen LogP contribution in [0.15, 0.2) is 10.5 Å². The SMILES string of the molecule is COc1c(Br)cc(F)c(F)c1CS(=O)(=O)Cl. The van der Waals surface area contributed by atoms with Crippen LogP contribution in [0.1, 0.15) is 5.56 Å². The maximum atomic E-state index is 13.4. The highest BCUT2D eigenvalue weighted by atomic mass is 79.9. The van der Waals surface area contributed by atoms with Crippen LogP contribution in [-0.2, 0) is 14.8 Å². The molecule has 8 heteroatoms. The predicted octanol–water partition coefficient (Wildman–Crippen LogP) is 2.80. The summed E-state index contributed by atoms with van der Waals surface area (Å²) >= 11 is 2.93. The molecule has 90 valence electrons. The van der Waals surface area contributed by atoms with E-state index in [2.05, 4.69) is 15.9 Å². The molecule has 0 aromatic heterocycles. The van der Waals surface area contributed by atoms with Gasteiger partial charge in [0.1, 0.15) is 5.75 Å². The molecule has 0 fully saturated rings. The lowest BCUT2D eigenvalue weighted by molar-refractivity contribution is 0.397. The molecule has 1 aromatic rings. The second-order valence-corrected chi connectivity index (χ2v) is 6.48. The van der Waals surface area contributed by atoms with Crippen molar-refractivity contribution in [3.05, 3.63) is 27.7 Å². The molecule has 0 N–H and O–H groups in total. The lowest BCUT2D eigenvalue weighted by Gasteiger charge is -2.10. The predicted molar refractivity (Wildman–Crippen MR) is 59.1 cm³/mol. The molecule has 1 rings (SSSR count). The molecule has 0 aliphatic carbocycles. The number of halogens is 4. The Labute approximate surface area is 104 Å². The van der Waals surface area contributed by atoms with Crippen molar-refractivity contribution in [2.45, 2.75) is 5.75 Å². The summed E-state index contributed by atoms with van der Waals surface area (Å²) in [6.45, 7) is 0. The van der Waals surface area contributed by atoms with E-state index in [-0.39, 0.29) is 10.2 Å². The Bertz CT molecular complexity index is 519. The summed E-state index contributed by atoms with van der Waals surface area (Å²) in [6.07, 6.45) is 0. The molecular formula is C8H6BrClF2O3S. The van der Waals surface area contributed by atoms with Crippen LogP contribution >= 0.6 is 26.6 Å². The second kappa shape index (κ2) is 4.85. The van der Waals surface area contributed by atoms with Gasteiger partial charge in [-0.15, -0.1) is 0 Å². The summed E-state index contributed by atoms with van der Waals surface area (Å²) < 4.78 is 53.0. The number of hydrogen-bond acceptors (Lipinski definition) is 3. The largest absolute Gasteiger partial charge is 0.495 e. The number of hydrogen-bond donors (Lipinski definition) is 0. The molecule has 0 atom stereocenters. The van der Waals surface area contributed by atoms with Crippen LogP contribution in [0.3, 0.4) is 0 Å². The van der Waals surface area contributed by atoms with Crippen LogP contribution in [0.25, 0.3) is 0 Å². The topological polar surface area (TPSA) is 43.4 Å². The van der Waals surface area contributed by atoms with Crippen molar-refractivity contribution in [3.8, 4) is 5.75 Å². The maximum absolute atomic E-state index is 13.4. The first-order chi connectivity index (χ1) is 7.26. The Morgan fingerprint density at radius 1 is 1.50 bits per heavy atom. The third-order valence-corrected chi connectivity index (χ3v) is 3.29. The van der Waals surface area contributed by atoms with E-state index in [1.165, 1.54) is 7.11 Å². The fourth-order valence-corrected chi connectivity index (χ4v) is 2.68. The van der Waals surface area contributed by atoms with Crippen LogP contribution in [0, 0.1) is 11.6 Å². The molecular weight excluding hydrogens is 330 g/mol. The van der Waals surface area contributed by atoms with E-state index < -0.39 is 32.0 Å². The highest BCUT2D eigenvalue weighted by Crippen LogP contribution is 2.34. The molecule has 0 aliphatic heterocycles. The molecule has 0 saturated heterocycles. The van der Waals surface area contributed by atoms with Gasteiger partial charge in [0, 0.05) is 10.7 Å². The first-order valence-electron chi connectivity index (χ1n) is 3.89. The third kappa shape index (κ3) is 3.05. The lowest BCUT2D eigenvalue weighted by atomic mass is 10.2. The second-order valence-electron chi connectivity index (χ2n) is 2.85. The van der Waals surface area contributed by atoms with Crippen molar-refractivity contribution in [3.63, 3.8) is 0 Å². The molecule has 3 nitrogen and oxygen atoms in total. The first-order valence-corrected chi connectivity index (χ1v) is 7.16. The van der Waals surface area contributed by atoms with Gasteiger partial charge >= 0.3 is 0 Å². The molecule has 0 aliphatic rings. The average molecular weight is 336 g/mol. The van der Waals surface area contributed by atoms with E-state index in [1.807, 2.05) is 0 Å². The molecule has 1 aromatic carbocycles. The zero-order chi connectivity index (χ0) is 12.5. The highest BCUT2D eigenvalue weighted by molar-refractivity contribution is 9.10. The minimum atomic E-state index is -4.00. The Kier molecular flexibility index (Phi) is 4.14. The molecule has 0 bridgehead atoms. The van der Waals surface area contributed by atoms with Crippen molar-refractivity contribution in [1.82, 2.24) is 0 Å². The fourth-order valence-electron chi connectivity index (χ4n) is 1.15. The van der Waals surface area contributed by atoms with E-state index in [0.717, 1.165) is 6.07 Å². The van der Waals surface area contributed by atoms with Crippen molar-refractivity contribution in [2.75, 3.05) is 7.11 Å². The quantitative estimate of drug-likeness (QED) is 0.630. The average Bonchev–Trinajstić information content (AvgIpc) is 2.12. The summed E-state index contributed by atoms with van der Waals surface area (Å²) in [6, 6.07) is 0.846. The van der Waals surface area contributed by atoms with E-state index >= 15 is 0 Å². The third-order valence-electron chi connectivity index (χ3n) is 1.74. The van der Waals surface area contributed by atoms with Gasteiger partial charge in [0.15, 0.2) is 11.6 Å². The van der Waals surface area contributed by atoms with Crippen LogP contribution in [0.5, 0.6) is 5.75 Å². The van der Waals surface area contributed by atoms with Gasteiger partial charge in [-0.3, -0.25) is 0 Å². The summed E-state index contributed by atoms with van der Waals surface area (Å²) in [5, 5.41) is 0. The van der Waals surface area contributed by atoms with Gasteiger partial charge in [-0.2, -0.15) is 0 Å². The van der Waals surface area contributed by atoms with Gasteiger partial charge in [0.25, 0.3) is 0 Å². The Morgan fingerprint density at radius 2 is 2.06 bits per heavy atom. The van der Waals surface area contributed by atoms with Crippen LogP contribution < -0.4 is 4.74 Å². The van der Waals surface area contributed by atoms with Gasteiger partial charge in [-0.05, 0) is 22.0 Å². The molecule has 0 unspecified atom stereocenters. The molecule has 0 saturated carbocycles. The van der Waals surface area contributed by atoms with Crippen molar-refractivity contribution in [1.29, 1.82) is 0 Å². The Hall–Kier alpha value is -0.400. The zero-order valence-corrected chi connectivity index (χ0v) is 11.1. The van der Waals surface area contributed by atoms with Crippen molar-refractivity contribution < 1.29 is 21.9 Å². The highest BCUT2D eigenvalue weighted by Gasteiger charge is 2.22. The van der Waals surface area contributed by atoms with Crippen LogP contribution in [-0.4, -0.2) is 15.5 Å². The smallest absolute Gasteiger partial charge is 0.237 e. The van der Waals surface area contributed by atoms with Crippen molar-refractivity contribution in [2.24, 2.45) is 0 Å². The molecule has 0 heterocycles. The van der Waals surface area contributed by atoms with E-state index in [1.54, 1.807) is 0 Å². The first kappa shape index (κ1) is 13.7. The van der Waals surface area contributed by atoms with Crippen LogP contribution in [0.4, 0.5) is 8.78 Å². The number of methoxy groups -OCH3 is 1. The molecule has 16 heavy (non-hydrogen) atoms. The monoisotopic (exact) mass is 334 g/mol. The number of ether oxygens (including phenoxy) is 1. The number of benzene rings is 1. The van der Waals surface area contributed by atoms with E-state index in [0.29, 0.717) is 0 Å².